The van der Waals surface area contributed by atoms with E-state index in [1.807, 2.05) is 12.1 Å². The number of halogens is 1. The average molecular weight is 556 g/mol. The first-order valence-corrected chi connectivity index (χ1v) is 14.5. The van der Waals surface area contributed by atoms with Gasteiger partial charge in [-0.1, -0.05) is 56.6 Å². The van der Waals surface area contributed by atoms with E-state index >= 15 is 0 Å². The summed E-state index contributed by atoms with van der Waals surface area (Å²) in [6.45, 7) is 8.24. The molecule has 3 aromatic rings. The van der Waals surface area contributed by atoms with Crippen molar-refractivity contribution in [1.29, 1.82) is 0 Å². The van der Waals surface area contributed by atoms with E-state index in [4.69, 9.17) is 11.6 Å². The fourth-order valence-corrected chi connectivity index (χ4v) is 5.12. The van der Waals surface area contributed by atoms with Gasteiger partial charge in [-0.2, -0.15) is 0 Å². The minimum absolute atomic E-state index is 0.00115. The molecular formula is C29H34ClN3O4S. The van der Waals surface area contributed by atoms with Gasteiger partial charge < -0.3 is 10.6 Å². The minimum Gasteiger partial charge on any atom is -0.326 e. The molecule has 7 nitrogen and oxygen atoms in total. The van der Waals surface area contributed by atoms with Gasteiger partial charge in [-0.15, -0.1) is 0 Å². The standard InChI is InChI=1S/C29H34ClN3O4S/c1-20-25(30)11-7-12-26(20)33(38(5,36)37)18-8-13-27(34)31-23-9-6-10-24(19-23)32-28(35)21-14-16-22(17-15-21)29(2,3)4/h6-7,9-12,14-17,19H,8,13,18H2,1-5H3,(H,31,34)(H,32,35). The molecule has 0 spiro atoms. The number of anilines is 3. The lowest BCUT2D eigenvalue weighted by Crippen LogP contribution is -2.32. The summed E-state index contributed by atoms with van der Waals surface area (Å²) < 4.78 is 26.1. The van der Waals surface area contributed by atoms with E-state index in [9.17, 15) is 18.0 Å². The quantitative estimate of drug-likeness (QED) is 0.320. The zero-order valence-electron chi connectivity index (χ0n) is 22.3. The fourth-order valence-electron chi connectivity index (χ4n) is 3.94. The van der Waals surface area contributed by atoms with Crippen LogP contribution in [0.3, 0.4) is 0 Å². The van der Waals surface area contributed by atoms with Crippen LogP contribution in [-0.4, -0.2) is 33.0 Å². The molecule has 202 valence electrons. The molecule has 0 saturated heterocycles. The van der Waals surface area contributed by atoms with E-state index in [1.165, 1.54) is 4.31 Å². The Hall–Kier alpha value is -3.36. The van der Waals surface area contributed by atoms with E-state index < -0.39 is 10.0 Å². The Morgan fingerprint density at radius 3 is 2.13 bits per heavy atom. The molecule has 0 aliphatic carbocycles. The third kappa shape index (κ3) is 7.82. The Morgan fingerprint density at radius 1 is 0.921 bits per heavy atom. The van der Waals surface area contributed by atoms with Gasteiger partial charge in [0, 0.05) is 34.9 Å². The lowest BCUT2D eigenvalue weighted by atomic mass is 9.87. The summed E-state index contributed by atoms with van der Waals surface area (Å²) in [5.74, 6) is -0.506. The number of nitrogens with one attached hydrogen (secondary N) is 2. The highest BCUT2D eigenvalue weighted by Gasteiger charge is 2.20. The Bertz CT molecular complexity index is 1410. The predicted octanol–water partition coefficient (Wildman–Crippen LogP) is 6.38. The first-order chi connectivity index (χ1) is 17.8. The summed E-state index contributed by atoms with van der Waals surface area (Å²) in [4.78, 5) is 25.3. The van der Waals surface area contributed by atoms with Crippen LogP contribution >= 0.6 is 11.6 Å². The van der Waals surface area contributed by atoms with Gasteiger partial charge in [-0.05, 0) is 72.4 Å². The van der Waals surface area contributed by atoms with Crippen LogP contribution < -0.4 is 14.9 Å². The zero-order valence-corrected chi connectivity index (χ0v) is 23.9. The van der Waals surface area contributed by atoms with Crippen LogP contribution in [0.25, 0.3) is 0 Å². The number of nitrogens with zero attached hydrogens (tertiary/aromatic N) is 1. The average Bonchev–Trinajstić information content (AvgIpc) is 2.83. The van der Waals surface area contributed by atoms with E-state index in [-0.39, 0.29) is 30.2 Å². The molecule has 0 aromatic heterocycles. The van der Waals surface area contributed by atoms with Crippen LogP contribution in [0.4, 0.5) is 17.1 Å². The van der Waals surface area contributed by atoms with Crippen LogP contribution in [0.1, 0.15) is 55.1 Å². The van der Waals surface area contributed by atoms with Gasteiger partial charge in [-0.3, -0.25) is 13.9 Å². The van der Waals surface area contributed by atoms with Crippen molar-refractivity contribution < 1.29 is 18.0 Å². The molecule has 0 fully saturated rings. The Kier molecular flexibility index (Phi) is 9.22. The first-order valence-electron chi connectivity index (χ1n) is 12.3. The highest BCUT2D eigenvalue weighted by molar-refractivity contribution is 7.92. The van der Waals surface area contributed by atoms with E-state index in [2.05, 4.69) is 31.4 Å². The Balaban J connectivity index is 1.59. The predicted molar refractivity (Wildman–Crippen MR) is 156 cm³/mol. The number of carbonyl (C=O) groups excluding carboxylic acids is 2. The number of amides is 2. The molecule has 3 rings (SSSR count). The third-order valence-electron chi connectivity index (χ3n) is 6.09. The molecule has 0 atom stereocenters. The number of rotatable bonds is 9. The second kappa shape index (κ2) is 12.0. The van der Waals surface area contributed by atoms with Crippen molar-refractivity contribution in [2.24, 2.45) is 0 Å². The van der Waals surface area contributed by atoms with Crippen LogP contribution in [0.2, 0.25) is 5.02 Å². The van der Waals surface area contributed by atoms with Crippen molar-refractivity contribution >= 4 is 50.5 Å². The van der Waals surface area contributed by atoms with Crippen LogP contribution in [0.15, 0.2) is 66.7 Å². The van der Waals surface area contributed by atoms with E-state index in [0.717, 1.165) is 11.8 Å². The number of hydrogen-bond donors (Lipinski definition) is 2. The molecule has 2 amide bonds. The second-order valence-electron chi connectivity index (χ2n) is 10.2. The molecule has 0 aliphatic rings. The molecular weight excluding hydrogens is 522 g/mol. The normalized spacial score (nSPS) is 11.6. The monoisotopic (exact) mass is 555 g/mol. The van der Waals surface area contributed by atoms with Crippen LogP contribution in [-0.2, 0) is 20.2 Å². The summed E-state index contributed by atoms with van der Waals surface area (Å²) in [6, 6.07) is 19.5. The van der Waals surface area contributed by atoms with Gasteiger partial charge in [0.1, 0.15) is 0 Å². The van der Waals surface area contributed by atoms with Gasteiger partial charge >= 0.3 is 0 Å². The van der Waals surface area contributed by atoms with Gasteiger partial charge in [0.2, 0.25) is 15.9 Å². The maximum Gasteiger partial charge on any atom is 0.255 e. The Labute approximate surface area is 230 Å². The maximum absolute atomic E-state index is 12.7. The molecule has 0 aliphatic heterocycles. The highest BCUT2D eigenvalue weighted by Crippen LogP contribution is 2.28. The summed E-state index contributed by atoms with van der Waals surface area (Å²) in [7, 11) is -3.56. The zero-order chi connectivity index (χ0) is 28.1. The molecule has 2 N–H and O–H groups in total. The Morgan fingerprint density at radius 2 is 1.53 bits per heavy atom. The first kappa shape index (κ1) is 29.2. The SMILES string of the molecule is Cc1c(Cl)cccc1N(CCCC(=O)Nc1cccc(NC(=O)c2ccc(C(C)(C)C)cc2)c1)S(C)(=O)=O. The molecule has 0 saturated carbocycles. The minimum atomic E-state index is -3.56. The van der Waals surface area contributed by atoms with Crippen molar-refractivity contribution in [1.82, 2.24) is 0 Å². The van der Waals surface area contributed by atoms with Crippen molar-refractivity contribution in [3.63, 3.8) is 0 Å². The molecule has 0 unspecified atom stereocenters. The topological polar surface area (TPSA) is 95.6 Å². The summed E-state index contributed by atoms with van der Waals surface area (Å²) >= 11 is 6.17. The van der Waals surface area contributed by atoms with E-state index in [0.29, 0.717) is 39.6 Å². The largest absolute Gasteiger partial charge is 0.326 e. The summed E-state index contributed by atoms with van der Waals surface area (Å²) in [5.41, 5.74) is 3.91. The lowest BCUT2D eigenvalue weighted by Gasteiger charge is -2.24. The van der Waals surface area contributed by atoms with Gasteiger partial charge in [0.05, 0.1) is 11.9 Å². The highest BCUT2D eigenvalue weighted by atomic mass is 35.5. The number of carbonyl (C=O) groups is 2. The molecule has 9 heteroatoms. The van der Waals surface area contributed by atoms with Crippen molar-refractivity contribution in [2.45, 2.75) is 46.0 Å². The number of benzene rings is 3. The molecule has 38 heavy (non-hydrogen) atoms. The third-order valence-corrected chi connectivity index (χ3v) is 7.68. The molecule has 0 radical (unpaired) electrons. The summed E-state index contributed by atoms with van der Waals surface area (Å²) in [6.07, 6.45) is 1.56. The second-order valence-corrected chi connectivity index (χ2v) is 12.5. The van der Waals surface area contributed by atoms with Crippen LogP contribution in [0, 0.1) is 6.92 Å². The number of sulfonamides is 1. The lowest BCUT2D eigenvalue weighted by molar-refractivity contribution is -0.116. The summed E-state index contributed by atoms with van der Waals surface area (Å²) in [5, 5.41) is 6.15. The fraction of sp³-hybridized carbons (Fsp3) is 0.310. The molecule has 0 bridgehead atoms. The van der Waals surface area contributed by atoms with Crippen molar-refractivity contribution in [3.05, 3.63) is 88.4 Å². The van der Waals surface area contributed by atoms with Crippen LogP contribution in [0.5, 0.6) is 0 Å². The van der Waals surface area contributed by atoms with Gasteiger partial charge in [0.25, 0.3) is 5.91 Å². The van der Waals surface area contributed by atoms with Crippen molar-refractivity contribution in [3.8, 4) is 0 Å². The molecule has 0 heterocycles. The van der Waals surface area contributed by atoms with Gasteiger partial charge in [-0.25, -0.2) is 8.42 Å². The molecule has 3 aromatic carbocycles. The van der Waals surface area contributed by atoms with Crippen molar-refractivity contribution in [2.75, 3.05) is 27.7 Å². The van der Waals surface area contributed by atoms with Gasteiger partial charge in [0.15, 0.2) is 0 Å². The van der Waals surface area contributed by atoms with E-state index in [1.54, 1.807) is 61.5 Å². The smallest absolute Gasteiger partial charge is 0.255 e. The number of hydrogen-bond acceptors (Lipinski definition) is 4. The maximum atomic E-state index is 12.7.